The lowest BCUT2D eigenvalue weighted by atomic mass is 9.99. The van der Waals surface area contributed by atoms with Crippen LogP contribution >= 0.6 is 0 Å². The minimum Gasteiger partial charge on any atom is -0.370 e. The second kappa shape index (κ2) is 7.81. The van der Waals surface area contributed by atoms with E-state index in [0.717, 1.165) is 22.3 Å². The van der Waals surface area contributed by atoms with Crippen molar-refractivity contribution in [3.63, 3.8) is 0 Å². The zero-order valence-corrected chi connectivity index (χ0v) is 13.2. The van der Waals surface area contributed by atoms with Gasteiger partial charge in [0.2, 0.25) is 0 Å². The van der Waals surface area contributed by atoms with Crippen molar-refractivity contribution in [1.82, 2.24) is 5.32 Å². The monoisotopic (exact) mass is 304 g/mol. The van der Waals surface area contributed by atoms with Crippen molar-refractivity contribution >= 4 is 5.96 Å². The summed E-state index contributed by atoms with van der Waals surface area (Å²) in [5, 5.41) is 12.2. The summed E-state index contributed by atoms with van der Waals surface area (Å²) >= 11 is 0. The number of nitrogens with two attached hydrogens (primary N) is 1. The quantitative estimate of drug-likeness (QED) is 0.506. The predicted octanol–water partition coefficient (Wildman–Crippen LogP) is 3.21. The average molecular weight is 304 g/mol. The Balaban J connectivity index is 2.07. The van der Waals surface area contributed by atoms with E-state index in [2.05, 4.69) is 23.0 Å². The van der Waals surface area contributed by atoms with Gasteiger partial charge in [-0.2, -0.15) is 5.26 Å². The number of benzene rings is 2. The van der Waals surface area contributed by atoms with E-state index in [4.69, 9.17) is 5.73 Å². The van der Waals surface area contributed by atoms with Gasteiger partial charge in [0.25, 0.3) is 0 Å². The van der Waals surface area contributed by atoms with Gasteiger partial charge in [-0.05, 0) is 29.7 Å². The van der Waals surface area contributed by atoms with Crippen molar-refractivity contribution < 1.29 is 0 Å². The standard InChI is InChI=1S/C19H20N4/c1-14(2)12-22-19(21)23-13-15-7-9-16(10-8-15)18-6-4-3-5-17(18)11-20/h3-10H,1,12-13H2,2H3,(H3,21,22,23). The predicted molar refractivity (Wildman–Crippen MR) is 94.7 cm³/mol. The maximum Gasteiger partial charge on any atom is 0.189 e. The van der Waals surface area contributed by atoms with Crippen LogP contribution < -0.4 is 11.1 Å². The maximum atomic E-state index is 9.17. The fraction of sp³-hybridized carbons (Fsp3) is 0.158. The summed E-state index contributed by atoms with van der Waals surface area (Å²) in [6.45, 7) is 6.86. The minimum atomic E-state index is 0.409. The van der Waals surface area contributed by atoms with Crippen molar-refractivity contribution in [3.8, 4) is 17.2 Å². The van der Waals surface area contributed by atoms with Crippen LogP contribution in [0.4, 0.5) is 0 Å². The van der Waals surface area contributed by atoms with Crippen molar-refractivity contribution in [3.05, 3.63) is 71.8 Å². The summed E-state index contributed by atoms with van der Waals surface area (Å²) in [6, 6.07) is 17.8. The molecule has 0 radical (unpaired) electrons. The zero-order valence-electron chi connectivity index (χ0n) is 13.2. The third-order valence-corrected chi connectivity index (χ3v) is 3.32. The first-order valence-corrected chi connectivity index (χ1v) is 7.37. The van der Waals surface area contributed by atoms with Crippen LogP contribution in [0.5, 0.6) is 0 Å². The van der Waals surface area contributed by atoms with Crippen molar-refractivity contribution in [2.75, 3.05) is 6.54 Å². The Hall–Kier alpha value is -3.06. The van der Waals surface area contributed by atoms with E-state index in [1.807, 2.05) is 55.5 Å². The Labute approximate surface area is 137 Å². The third kappa shape index (κ3) is 4.72. The van der Waals surface area contributed by atoms with E-state index in [9.17, 15) is 5.26 Å². The number of aliphatic imine (C=N–C) groups is 1. The molecule has 116 valence electrons. The molecule has 4 heteroatoms. The van der Waals surface area contributed by atoms with Crippen LogP contribution in [0.2, 0.25) is 0 Å². The van der Waals surface area contributed by atoms with Crippen LogP contribution in [0.3, 0.4) is 0 Å². The molecule has 2 rings (SSSR count). The second-order valence-electron chi connectivity index (χ2n) is 5.37. The van der Waals surface area contributed by atoms with E-state index >= 15 is 0 Å². The largest absolute Gasteiger partial charge is 0.370 e. The maximum absolute atomic E-state index is 9.17. The van der Waals surface area contributed by atoms with Gasteiger partial charge in [-0.15, -0.1) is 0 Å². The van der Waals surface area contributed by atoms with Gasteiger partial charge in [0.1, 0.15) is 0 Å². The van der Waals surface area contributed by atoms with E-state index in [1.54, 1.807) is 0 Å². The first-order valence-electron chi connectivity index (χ1n) is 7.37. The molecule has 0 atom stereocenters. The number of nitrogens with zero attached hydrogens (tertiary/aromatic N) is 2. The van der Waals surface area contributed by atoms with Gasteiger partial charge < -0.3 is 11.1 Å². The number of hydrogen-bond acceptors (Lipinski definition) is 2. The lowest BCUT2D eigenvalue weighted by Gasteiger charge is -2.06. The second-order valence-corrected chi connectivity index (χ2v) is 5.37. The molecule has 0 saturated carbocycles. The van der Waals surface area contributed by atoms with E-state index in [-0.39, 0.29) is 0 Å². The van der Waals surface area contributed by atoms with Gasteiger partial charge in [0.05, 0.1) is 18.2 Å². The summed E-state index contributed by atoms with van der Waals surface area (Å²) in [5.74, 6) is 0.409. The molecular weight excluding hydrogens is 284 g/mol. The summed E-state index contributed by atoms with van der Waals surface area (Å²) in [4.78, 5) is 4.29. The van der Waals surface area contributed by atoms with Gasteiger partial charge in [0.15, 0.2) is 5.96 Å². The van der Waals surface area contributed by atoms with Gasteiger partial charge in [-0.25, -0.2) is 4.99 Å². The highest BCUT2D eigenvalue weighted by molar-refractivity contribution is 5.78. The first-order chi connectivity index (χ1) is 11.1. The molecule has 2 aromatic rings. The third-order valence-electron chi connectivity index (χ3n) is 3.32. The Morgan fingerprint density at radius 2 is 1.91 bits per heavy atom. The fourth-order valence-electron chi connectivity index (χ4n) is 2.10. The topological polar surface area (TPSA) is 74.2 Å². The molecule has 23 heavy (non-hydrogen) atoms. The molecule has 0 aromatic heterocycles. The molecule has 4 nitrogen and oxygen atoms in total. The molecule has 0 unspecified atom stereocenters. The highest BCUT2D eigenvalue weighted by atomic mass is 15.1. The molecule has 0 bridgehead atoms. The molecule has 0 spiro atoms. The Morgan fingerprint density at radius 1 is 1.22 bits per heavy atom. The molecular formula is C19H20N4. The molecule has 0 saturated heterocycles. The number of nitrogens with one attached hydrogen (secondary N) is 1. The molecule has 0 aliphatic carbocycles. The summed E-state index contributed by atoms with van der Waals surface area (Å²) in [7, 11) is 0. The van der Waals surface area contributed by atoms with Gasteiger partial charge in [-0.3, -0.25) is 0 Å². The van der Waals surface area contributed by atoms with E-state index < -0.39 is 0 Å². The molecule has 0 amide bonds. The molecule has 0 aliphatic rings. The molecule has 3 N–H and O–H groups in total. The molecule has 0 fully saturated rings. The summed E-state index contributed by atoms with van der Waals surface area (Å²) in [5.41, 5.74) is 10.5. The molecule has 2 aromatic carbocycles. The summed E-state index contributed by atoms with van der Waals surface area (Å²) < 4.78 is 0. The smallest absolute Gasteiger partial charge is 0.189 e. The number of hydrogen-bond donors (Lipinski definition) is 2. The first kappa shape index (κ1) is 16.3. The fourth-order valence-corrected chi connectivity index (χ4v) is 2.10. The van der Waals surface area contributed by atoms with Gasteiger partial charge >= 0.3 is 0 Å². The van der Waals surface area contributed by atoms with Crippen LogP contribution in [0.15, 0.2) is 65.7 Å². The Morgan fingerprint density at radius 3 is 2.57 bits per heavy atom. The van der Waals surface area contributed by atoms with Crippen molar-refractivity contribution in [2.45, 2.75) is 13.5 Å². The summed E-state index contributed by atoms with van der Waals surface area (Å²) in [6.07, 6.45) is 0. The number of guanidine groups is 1. The van der Waals surface area contributed by atoms with Crippen LogP contribution in [0.25, 0.3) is 11.1 Å². The van der Waals surface area contributed by atoms with Crippen molar-refractivity contribution in [2.24, 2.45) is 10.7 Å². The highest BCUT2D eigenvalue weighted by Crippen LogP contribution is 2.23. The number of rotatable bonds is 5. The van der Waals surface area contributed by atoms with Gasteiger partial charge in [-0.1, -0.05) is 54.6 Å². The average Bonchev–Trinajstić information content (AvgIpc) is 2.58. The Bertz CT molecular complexity index is 752. The van der Waals surface area contributed by atoms with E-state index in [1.165, 1.54) is 0 Å². The normalized spacial score (nSPS) is 10.9. The van der Waals surface area contributed by atoms with Crippen molar-refractivity contribution in [1.29, 1.82) is 5.26 Å². The number of nitriles is 1. The van der Waals surface area contributed by atoms with Crippen LogP contribution in [-0.2, 0) is 6.54 Å². The lowest BCUT2D eigenvalue weighted by Crippen LogP contribution is -2.32. The SMILES string of the molecule is C=C(C)CNC(N)=NCc1ccc(-c2ccccc2C#N)cc1. The highest BCUT2D eigenvalue weighted by Gasteiger charge is 2.03. The van der Waals surface area contributed by atoms with Crippen LogP contribution in [0.1, 0.15) is 18.1 Å². The zero-order chi connectivity index (χ0) is 16.7. The van der Waals surface area contributed by atoms with Crippen LogP contribution in [0, 0.1) is 11.3 Å². The lowest BCUT2D eigenvalue weighted by molar-refractivity contribution is 0.940. The molecule has 0 aliphatic heterocycles. The minimum absolute atomic E-state index is 0.409. The molecule has 0 heterocycles. The van der Waals surface area contributed by atoms with E-state index in [0.29, 0.717) is 24.6 Å². The van der Waals surface area contributed by atoms with Gasteiger partial charge in [0, 0.05) is 6.54 Å². The Kier molecular flexibility index (Phi) is 5.54. The van der Waals surface area contributed by atoms with Crippen LogP contribution in [-0.4, -0.2) is 12.5 Å².